The van der Waals surface area contributed by atoms with Gasteiger partial charge in [0.15, 0.2) is 0 Å². The zero-order chi connectivity index (χ0) is 14.8. The molecular weight excluding hydrogens is 344 g/mol. The molecule has 0 radical (unpaired) electrons. The van der Waals surface area contributed by atoms with Gasteiger partial charge in [0.25, 0.3) is 0 Å². The number of nitrogen functional groups attached to an aromatic ring is 1. The average Bonchev–Trinajstić information content (AvgIpc) is 2.39. The van der Waals surface area contributed by atoms with Gasteiger partial charge in [0.2, 0.25) is 10.0 Å². The van der Waals surface area contributed by atoms with Gasteiger partial charge >= 0.3 is 0 Å². The van der Waals surface area contributed by atoms with Crippen LogP contribution in [0.15, 0.2) is 27.6 Å². The van der Waals surface area contributed by atoms with Gasteiger partial charge in [-0.25, -0.2) is 8.42 Å². The Bertz CT molecular complexity index is 569. The first-order valence-electron chi connectivity index (χ1n) is 6.62. The largest absolute Gasteiger partial charge is 0.399 e. The molecule has 0 amide bonds. The first-order chi connectivity index (χ1) is 9.45. The summed E-state index contributed by atoms with van der Waals surface area (Å²) in [5, 5.41) is 0. The van der Waals surface area contributed by atoms with Crippen LogP contribution in [0, 0.1) is 0 Å². The van der Waals surface area contributed by atoms with E-state index in [1.807, 2.05) is 6.92 Å². The fourth-order valence-corrected chi connectivity index (χ4v) is 4.87. The van der Waals surface area contributed by atoms with E-state index in [-0.39, 0.29) is 11.0 Å². The van der Waals surface area contributed by atoms with Crippen LogP contribution in [0.5, 0.6) is 0 Å². The third-order valence-corrected chi connectivity index (χ3v) is 6.25. The number of hydrogen-bond donors (Lipinski definition) is 1. The van der Waals surface area contributed by atoms with Crippen LogP contribution >= 0.6 is 15.9 Å². The van der Waals surface area contributed by atoms with E-state index in [2.05, 4.69) is 15.9 Å². The lowest BCUT2D eigenvalue weighted by atomic mass is 10.1. The van der Waals surface area contributed by atoms with Crippen molar-refractivity contribution in [2.75, 3.05) is 25.4 Å². The van der Waals surface area contributed by atoms with Crippen molar-refractivity contribution >= 4 is 31.6 Å². The first kappa shape index (κ1) is 15.8. The van der Waals surface area contributed by atoms with Crippen LogP contribution in [-0.2, 0) is 14.8 Å². The molecule has 0 saturated carbocycles. The molecular formula is C13H19BrN2O3S. The van der Waals surface area contributed by atoms with Crippen LogP contribution in [0.2, 0.25) is 0 Å². The Morgan fingerprint density at radius 1 is 1.40 bits per heavy atom. The summed E-state index contributed by atoms with van der Waals surface area (Å²) in [5.74, 6) is 0. The summed E-state index contributed by atoms with van der Waals surface area (Å²) in [6, 6.07) is 4.76. The van der Waals surface area contributed by atoms with Crippen molar-refractivity contribution in [1.82, 2.24) is 4.31 Å². The highest BCUT2D eigenvalue weighted by Crippen LogP contribution is 2.29. The second kappa shape index (κ2) is 6.43. The maximum absolute atomic E-state index is 12.6. The smallest absolute Gasteiger partial charge is 0.244 e. The minimum absolute atomic E-state index is 0.168. The second-order valence-corrected chi connectivity index (χ2v) is 7.51. The lowest BCUT2D eigenvalue weighted by molar-refractivity contribution is 0.0290. The Morgan fingerprint density at radius 3 is 2.60 bits per heavy atom. The van der Waals surface area contributed by atoms with Crippen LogP contribution < -0.4 is 5.73 Å². The van der Waals surface area contributed by atoms with Gasteiger partial charge in [0.05, 0.1) is 11.0 Å². The van der Waals surface area contributed by atoms with Gasteiger partial charge in [-0.15, -0.1) is 0 Å². The monoisotopic (exact) mass is 362 g/mol. The summed E-state index contributed by atoms with van der Waals surface area (Å²) in [5.41, 5.74) is 6.18. The van der Waals surface area contributed by atoms with E-state index in [9.17, 15) is 8.42 Å². The molecule has 0 aromatic heterocycles. The predicted octanol–water partition coefficient (Wildman–Crippen LogP) is 2.22. The lowest BCUT2D eigenvalue weighted by Gasteiger charge is -2.31. The minimum atomic E-state index is -3.47. The third-order valence-electron chi connectivity index (χ3n) is 3.38. The van der Waals surface area contributed by atoms with Crippen LogP contribution in [0.25, 0.3) is 0 Å². The van der Waals surface area contributed by atoms with Gasteiger partial charge in [0.1, 0.15) is 0 Å². The molecule has 1 aliphatic rings. The zero-order valence-corrected chi connectivity index (χ0v) is 13.8. The summed E-state index contributed by atoms with van der Waals surface area (Å²) in [6.45, 7) is 3.60. The third kappa shape index (κ3) is 3.33. The van der Waals surface area contributed by atoms with Gasteiger partial charge in [0, 0.05) is 29.9 Å². The molecule has 0 unspecified atom stereocenters. The van der Waals surface area contributed by atoms with Crippen molar-refractivity contribution < 1.29 is 13.2 Å². The van der Waals surface area contributed by atoms with Gasteiger partial charge in [-0.3, -0.25) is 0 Å². The number of hydrogen-bond acceptors (Lipinski definition) is 4. The predicted molar refractivity (Wildman–Crippen MR) is 82.0 cm³/mol. The number of sulfonamides is 1. The SMILES string of the molecule is CCOC1CCN(S(=O)(=O)c2ccc(N)cc2Br)CC1. The van der Waals surface area contributed by atoms with E-state index in [0.29, 0.717) is 29.9 Å². The standard InChI is InChI=1S/C13H19BrN2O3S/c1-2-19-11-5-7-16(8-6-11)20(17,18)13-4-3-10(15)9-12(13)14/h3-4,9,11H,2,5-8,15H2,1H3. The second-order valence-electron chi connectivity index (χ2n) is 4.75. The topological polar surface area (TPSA) is 72.6 Å². The molecule has 112 valence electrons. The van der Waals surface area contributed by atoms with E-state index < -0.39 is 10.0 Å². The maximum atomic E-state index is 12.6. The van der Waals surface area contributed by atoms with Crippen LogP contribution in [-0.4, -0.2) is 38.5 Å². The molecule has 1 fully saturated rings. The Hall–Kier alpha value is -0.630. The van der Waals surface area contributed by atoms with E-state index in [1.54, 1.807) is 18.2 Å². The van der Waals surface area contributed by atoms with Crippen LogP contribution in [0.3, 0.4) is 0 Å². The first-order valence-corrected chi connectivity index (χ1v) is 8.85. The van der Waals surface area contributed by atoms with Gasteiger partial charge < -0.3 is 10.5 Å². The molecule has 1 aromatic carbocycles. The highest BCUT2D eigenvalue weighted by atomic mass is 79.9. The van der Waals surface area contributed by atoms with E-state index >= 15 is 0 Å². The summed E-state index contributed by atoms with van der Waals surface area (Å²) < 4.78 is 32.8. The lowest BCUT2D eigenvalue weighted by Crippen LogP contribution is -2.40. The van der Waals surface area contributed by atoms with Crippen molar-refractivity contribution in [3.8, 4) is 0 Å². The minimum Gasteiger partial charge on any atom is -0.399 e. The van der Waals surface area contributed by atoms with Crippen LogP contribution in [0.4, 0.5) is 5.69 Å². The normalized spacial score (nSPS) is 18.3. The highest BCUT2D eigenvalue weighted by Gasteiger charge is 2.30. The van der Waals surface area contributed by atoms with Crippen molar-refractivity contribution in [2.45, 2.75) is 30.8 Å². The molecule has 1 aromatic rings. The highest BCUT2D eigenvalue weighted by molar-refractivity contribution is 9.10. The molecule has 0 aliphatic carbocycles. The Balaban J connectivity index is 2.15. The van der Waals surface area contributed by atoms with Crippen molar-refractivity contribution in [1.29, 1.82) is 0 Å². The number of nitrogens with two attached hydrogens (primary N) is 1. The van der Waals surface area contributed by atoms with Gasteiger partial charge in [-0.1, -0.05) is 0 Å². The average molecular weight is 363 g/mol. The van der Waals surface area contributed by atoms with E-state index in [4.69, 9.17) is 10.5 Å². The van der Waals surface area contributed by atoms with Crippen LogP contribution in [0.1, 0.15) is 19.8 Å². The number of nitrogens with zero attached hydrogens (tertiary/aromatic N) is 1. The molecule has 7 heteroatoms. The fraction of sp³-hybridized carbons (Fsp3) is 0.538. The number of benzene rings is 1. The molecule has 1 heterocycles. The molecule has 0 bridgehead atoms. The molecule has 0 spiro atoms. The summed E-state index contributed by atoms with van der Waals surface area (Å²) in [7, 11) is -3.47. The van der Waals surface area contributed by atoms with Crippen molar-refractivity contribution in [2.24, 2.45) is 0 Å². The van der Waals surface area contributed by atoms with E-state index in [1.165, 1.54) is 4.31 Å². The molecule has 2 N–H and O–H groups in total. The molecule has 5 nitrogen and oxygen atoms in total. The van der Waals surface area contributed by atoms with Gasteiger partial charge in [-0.05, 0) is 53.9 Å². The van der Waals surface area contributed by atoms with E-state index in [0.717, 1.165) is 12.8 Å². The Morgan fingerprint density at radius 2 is 2.05 bits per heavy atom. The number of anilines is 1. The number of ether oxygens (including phenoxy) is 1. The maximum Gasteiger partial charge on any atom is 0.244 e. The molecule has 2 rings (SSSR count). The molecule has 1 aliphatic heterocycles. The molecule has 20 heavy (non-hydrogen) atoms. The number of halogens is 1. The number of rotatable bonds is 4. The van der Waals surface area contributed by atoms with Gasteiger partial charge in [-0.2, -0.15) is 4.31 Å². The summed E-state index contributed by atoms with van der Waals surface area (Å²) in [4.78, 5) is 0.265. The summed E-state index contributed by atoms with van der Waals surface area (Å²) >= 11 is 3.28. The zero-order valence-electron chi connectivity index (χ0n) is 11.4. The number of piperidine rings is 1. The van der Waals surface area contributed by atoms with Crippen molar-refractivity contribution in [3.63, 3.8) is 0 Å². The Labute approximate surface area is 128 Å². The Kier molecular flexibility index (Phi) is 5.06. The quantitative estimate of drug-likeness (QED) is 0.833. The van der Waals surface area contributed by atoms with Crippen molar-refractivity contribution in [3.05, 3.63) is 22.7 Å². The fourth-order valence-electron chi connectivity index (χ4n) is 2.34. The molecule has 1 saturated heterocycles. The summed E-state index contributed by atoms with van der Waals surface area (Å²) in [6.07, 6.45) is 1.64. The molecule has 0 atom stereocenters.